The molecule has 0 spiro atoms. The monoisotopic (exact) mass is 1190 g/mol. The maximum Gasteiger partial charge on any atom is 0.303 e. The van der Waals surface area contributed by atoms with E-state index < -0.39 is 176 Å². The van der Waals surface area contributed by atoms with Gasteiger partial charge < -0.3 is 86.7 Å². The average Bonchev–Trinajstić information content (AvgIpc) is 3.60. The fourth-order valence-electron chi connectivity index (χ4n) is 10.6. The first kappa shape index (κ1) is 66.2. The van der Waals surface area contributed by atoms with Gasteiger partial charge in [-0.15, -0.1) is 0 Å². The molecule has 0 radical (unpaired) electrons. The number of nitrogens with one attached hydrogen (secondary N) is 5. The van der Waals surface area contributed by atoms with Crippen molar-refractivity contribution >= 4 is 83.2 Å². The van der Waals surface area contributed by atoms with E-state index in [1.807, 2.05) is 0 Å². The molecular weight excluding hydrogens is 1110 g/mol. The number of carbonyl (C=O) groups is 13. The van der Waals surface area contributed by atoms with Crippen molar-refractivity contribution in [1.82, 2.24) is 46.2 Å². The Bertz CT molecular complexity index is 2690. The lowest BCUT2D eigenvalue weighted by Crippen LogP contribution is -2.61. The lowest BCUT2D eigenvalue weighted by molar-refractivity contribution is -0.148. The molecule has 11 N–H and O–H groups in total. The van der Waals surface area contributed by atoms with E-state index in [2.05, 4.69) is 31.7 Å². The molecule has 31 nitrogen and oxygen atoms in total. The largest absolute Gasteiger partial charge is 0.493 e. The Morgan fingerprint density at radius 2 is 1.15 bits per heavy atom. The summed E-state index contributed by atoms with van der Waals surface area (Å²) in [6, 6.07) is -7.68. The van der Waals surface area contributed by atoms with Crippen LogP contribution in [0.5, 0.6) is 11.5 Å². The fourth-order valence-corrected chi connectivity index (χ4v) is 10.6. The molecule has 4 saturated heterocycles. The molecule has 4 aliphatic rings. The fraction of sp³-hybridized carbons (Fsp3) is 0.623. The molecule has 0 unspecified atom stereocenters. The van der Waals surface area contributed by atoms with Gasteiger partial charge in [0.05, 0.1) is 33.1 Å². The number of carbonyl (C=O) groups excluding carboxylic acids is 10. The van der Waals surface area contributed by atoms with E-state index in [1.54, 1.807) is 18.2 Å². The molecule has 0 aromatic heterocycles. The molecule has 4 heterocycles. The SMILES string of the molecule is COc1ccc(/C=N/O[C@@H]2C[C@@H](C(=O)N[C@H](C(=O)N[C@@H](C)C(=O)N3CCC[C@H]3C(=O)N3CCC[C@H]3C(=O)N[C@@H](CCC(=O)O)C(=O)N[C@@H](CCC(=O)O)C(N)=O)[C@@H](C)O)N(C(=O)[C@H](CCC(=O)O)NC(=O)[C@@H]3CCCN3C(C)=O)C2)cc1OC. The summed E-state index contributed by atoms with van der Waals surface area (Å²) in [6.45, 7) is 3.77. The first-order valence-electron chi connectivity index (χ1n) is 27.5. The highest BCUT2D eigenvalue weighted by Crippen LogP contribution is 2.29. The predicted octanol–water partition coefficient (Wildman–Crippen LogP) is -3.08. The van der Waals surface area contributed by atoms with Crippen molar-refractivity contribution in [1.29, 1.82) is 0 Å². The number of rotatable bonds is 29. The van der Waals surface area contributed by atoms with Crippen LogP contribution < -0.4 is 41.8 Å². The summed E-state index contributed by atoms with van der Waals surface area (Å²) in [7, 11) is 2.89. The number of hydrogen-bond acceptors (Lipinski definition) is 18. The Morgan fingerprint density at radius 1 is 0.631 bits per heavy atom. The molecule has 0 bridgehead atoms. The number of nitrogens with two attached hydrogens (primary N) is 1. The van der Waals surface area contributed by atoms with Crippen molar-refractivity contribution in [3.8, 4) is 11.5 Å². The third kappa shape index (κ3) is 17.7. The van der Waals surface area contributed by atoms with Crippen molar-refractivity contribution in [2.45, 2.75) is 171 Å². The Balaban J connectivity index is 1.30. The molecular formula is C53H75N11O20. The van der Waals surface area contributed by atoms with Crippen LogP contribution in [0.25, 0.3) is 0 Å². The average molecular weight is 1190 g/mol. The highest BCUT2D eigenvalue weighted by Gasteiger charge is 2.47. The number of ether oxygens (including phenoxy) is 2. The zero-order chi connectivity index (χ0) is 62.1. The zero-order valence-electron chi connectivity index (χ0n) is 47.3. The number of hydrogen-bond donors (Lipinski definition) is 10. The van der Waals surface area contributed by atoms with E-state index in [9.17, 15) is 77.6 Å². The number of methoxy groups -OCH3 is 2. The summed E-state index contributed by atoms with van der Waals surface area (Å²) in [6.07, 6.45) is -3.01. The van der Waals surface area contributed by atoms with Gasteiger partial charge in [0.25, 0.3) is 0 Å². The first-order chi connectivity index (χ1) is 39.8. The summed E-state index contributed by atoms with van der Waals surface area (Å²) < 4.78 is 10.6. The van der Waals surface area contributed by atoms with Gasteiger partial charge in [-0.25, -0.2) is 0 Å². The summed E-state index contributed by atoms with van der Waals surface area (Å²) in [5, 5.41) is 55.3. The van der Waals surface area contributed by atoms with Gasteiger partial charge in [-0.1, -0.05) is 5.16 Å². The number of likely N-dealkylation sites (tertiary alicyclic amines) is 4. The summed E-state index contributed by atoms with van der Waals surface area (Å²) >= 11 is 0. The minimum atomic E-state index is -1.79. The van der Waals surface area contributed by atoms with Gasteiger partial charge in [-0.2, -0.15) is 0 Å². The Morgan fingerprint density at radius 3 is 1.71 bits per heavy atom. The molecule has 4 fully saturated rings. The number of primary amides is 1. The molecule has 5 rings (SSSR count). The number of aliphatic hydroxyl groups is 1. The molecule has 10 amide bonds. The maximum absolute atomic E-state index is 14.6. The van der Waals surface area contributed by atoms with E-state index in [1.165, 1.54) is 55.9 Å². The van der Waals surface area contributed by atoms with Crippen molar-refractivity contribution in [2.75, 3.05) is 40.4 Å². The van der Waals surface area contributed by atoms with Crippen molar-refractivity contribution in [3.63, 3.8) is 0 Å². The molecule has 84 heavy (non-hydrogen) atoms. The minimum absolute atomic E-state index is 0.0354. The zero-order valence-corrected chi connectivity index (χ0v) is 47.3. The lowest BCUT2D eigenvalue weighted by atomic mass is 10.1. The maximum atomic E-state index is 14.6. The Hall–Kier alpha value is -8.64. The summed E-state index contributed by atoms with van der Waals surface area (Å²) in [4.78, 5) is 182. The van der Waals surface area contributed by atoms with E-state index in [0.717, 1.165) is 4.90 Å². The van der Waals surface area contributed by atoms with E-state index in [0.29, 0.717) is 36.3 Å². The van der Waals surface area contributed by atoms with E-state index in [-0.39, 0.29) is 57.8 Å². The van der Waals surface area contributed by atoms with Crippen LogP contribution >= 0.6 is 0 Å². The number of aliphatic carboxylic acids is 3. The Labute approximate surface area is 482 Å². The molecule has 462 valence electrons. The smallest absolute Gasteiger partial charge is 0.303 e. The van der Waals surface area contributed by atoms with Crippen LogP contribution in [0.4, 0.5) is 0 Å². The number of carboxylic acid groups (broad SMARTS) is 3. The Kier molecular flexibility index (Phi) is 24.1. The van der Waals surface area contributed by atoms with Crippen LogP contribution in [0.3, 0.4) is 0 Å². The molecule has 1 aromatic carbocycles. The molecule has 4 aliphatic heterocycles. The minimum Gasteiger partial charge on any atom is -0.493 e. The number of nitrogens with zero attached hydrogens (tertiary/aromatic N) is 5. The van der Waals surface area contributed by atoms with Gasteiger partial charge in [-0.3, -0.25) is 62.3 Å². The predicted molar refractivity (Wildman–Crippen MR) is 289 cm³/mol. The van der Waals surface area contributed by atoms with Crippen LogP contribution in [-0.2, 0) is 67.2 Å². The van der Waals surface area contributed by atoms with Gasteiger partial charge >= 0.3 is 17.9 Å². The summed E-state index contributed by atoms with van der Waals surface area (Å²) in [5.74, 6) is -11.5. The number of oxime groups is 1. The van der Waals surface area contributed by atoms with E-state index in [4.69, 9.17) is 25.2 Å². The van der Waals surface area contributed by atoms with Gasteiger partial charge in [0.2, 0.25) is 59.1 Å². The number of carboxylic acids is 3. The normalized spacial score (nSPS) is 21.5. The van der Waals surface area contributed by atoms with Gasteiger partial charge in [0.1, 0.15) is 60.5 Å². The third-order valence-corrected chi connectivity index (χ3v) is 14.9. The second-order valence-corrected chi connectivity index (χ2v) is 20.9. The third-order valence-electron chi connectivity index (χ3n) is 14.9. The highest BCUT2D eigenvalue weighted by molar-refractivity contribution is 5.99. The summed E-state index contributed by atoms with van der Waals surface area (Å²) in [5.41, 5.74) is 5.86. The van der Waals surface area contributed by atoms with Crippen LogP contribution in [0, 0.1) is 0 Å². The molecule has 11 atom stereocenters. The molecule has 31 heteroatoms. The van der Waals surface area contributed by atoms with Crippen molar-refractivity contribution < 1.29 is 97.1 Å². The van der Waals surface area contributed by atoms with Crippen molar-refractivity contribution in [2.24, 2.45) is 10.9 Å². The highest BCUT2D eigenvalue weighted by atomic mass is 16.6. The number of amides is 10. The number of benzene rings is 1. The molecule has 1 aromatic rings. The topological polar surface area (TPSA) is 442 Å². The quantitative estimate of drug-likeness (QED) is 0.0281. The van der Waals surface area contributed by atoms with Crippen LogP contribution in [-0.4, -0.2) is 230 Å². The standard InChI is InChI=1S/C53H75N11O20/c1-27(51(79)63-22-8-11-37(63)53(81)62-21-7-10-36(62)48(76)58-33(14-18-42(69)70)46(74)57-32(45(54)73)13-17-41(67)68)56-50(78)44(28(2)65)60-49(77)38-24-31(84-55-25-30-12-16-39(82-4)40(23-30)83-5)26-64(38)52(80)34(15-19-43(71)72)59-47(75)35-9-6-20-61(35)29(3)66/h12,16,23,25,27-28,31-38,44,65H,6-11,13-15,17-22,24,26H2,1-5H3,(H2,54,73)(H,56,78)(H,57,74)(H,58,76)(H,59,75)(H,60,77)(H,67,68)(H,69,70)(H,71,72)/b55-25+/t27-,28+,31+,32-,33-,34-,35-,36-,37-,38-,44-/m0/s1. The van der Waals surface area contributed by atoms with Crippen LogP contribution in [0.2, 0.25) is 0 Å². The first-order valence-corrected chi connectivity index (χ1v) is 27.5. The second kappa shape index (κ2) is 30.6. The van der Waals surface area contributed by atoms with Gasteiger partial charge in [0.15, 0.2) is 11.5 Å². The van der Waals surface area contributed by atoms with E-state index >= 15 is 0 Å². The van der Waals surface area contributed by atoms with Gasteiger partial charge in [0, 0.05) is 57.8 Å². The van der Waals surface area contributed by atoms with Gasteiger partial charge in [-0.05, 0) is 89.8 Å². The molecule has 0 saturated carbocycles. The van der Waals surface area contributed by atoms with Crippen LogP contribution in [0.1, 0.15) is 110 Å². The lowest BCUT2D eigenvalue weighted by Gasteiger charge is -2.33. The van der Waals surface area contributed by atoms with Crippen LogP contribution in [0.15, 0.2) is 23.4 Å². The van der Waals surface area contributed by atoms with Crippen molar-refractivity contribution in [3.05, 3.63) is 23.8 Å². The number of aliphatic hydroxyl groups excluding tert-OH is 1. The second-order valence-electron chi connectivity index (χ2n) is 20.9. The molecule has 0 aliphatic carbocycles.